The van der Waals surface area contributed by atoms with E-state index in [1.165, 1.54) is 23.2 Å². The minimum atomic E-state index is -4.21. The zero-order valence-corrected chi connectivity index (χ0v) is 21.3. The summed E-state index contributed by atoms with van der Waals surface area (Å²) < 4.78 is 27.3. The molecule has 1 N–H and O–H groups in total. The summed E-state index contributed by atoms with van der Waals surface area (Å²) >= 11 is 6.33. The van der Waals surface area contributed by atoms with E-state index >= 15 is 0 Å². The van der Waals surface area contributed by atoms with Crippen LogP contribution in [-0.4, -0.2) is 43.5 Å². The fourth-order valence-electron chi connectivity index (χ4n) is 3.94. The van der Waals surface area contributed by atoms with Gasteiger partial charge in [-0.05, 0) is 36.2 Å². The predicted molar refractivity (Wildman–Crippen MR) is 139 cm³/mol. The molecule has 0 fully saturated rings. The van der Waals surface area contributed by atoms with Crippen molar-refractivity contribution in [3.63, 3.8) is 0 Å². The second kappa shape index (κ2) is 10.6. The number of aliphatic imine (C=N–C) groups is 1. The van der Waals surface area contributed by atoms with Gasteiger partial charge >= 0.3 is 0 Å². The van der Waals surface area contributed by atoms with Gasteiger partial charge in [0.1, 0.15) is 12.6 Å². The van der Waals surface area contributed by atoms with Crippen LogP contribution in [0, 0.1) is 5.92 Å². The highest BCUT2D eigenvalue weighted by atomic mass is 35.5. The van der Waals surface area contributed by atoms with Gasteiger partial charge in [-0.15, -0.1) is 0 Å². The Morgan fingerprint density at radius 1 is 1.11 bits per heavy atom. The molecule has 2 atom stereocenters. The average Bonchev–Trinajstić information content (AvgIpc) is 2.99. The molecule has 2 aromatic carbocycles. The fraction of sp³-hybridized carbons (Fsp3) is 0.231. The number of rotatable bonds is 7. The van der Waals surface area contributed by atoms with Crippen LogP contribution in [-0.2, 0) is 19.6 Å². The maximum atomic E-state index is 13.8. The van der Waals surface area contributed by atoms with Crippen molar-refractivity contribution in [3.05, 3.63) is 89.1 Å². The highest BCUT2D eigenvalue weighted by Gasteiger charge is 2.36. The van der Waals surface area contributed by atoms with Gasteiger partial charge < -0.3 is 4.90 Å². The van der Waals surface area contributed by atoms with Crippen LogP contribution in [0.25, 0.3) is 0 Å². The maximum absolute atomic E-state index is 13.8. The minimum absolute atomic E-state index is 0.135. The number of benzodiazepines with no additional fused rings is 1. The monoisotopic (exact) mass is 524 g/mol. The Balaban J connectivity index is 1.77. The van der Waals surface area contributed by atoms with Gasteiger partial charge in [0, 0.05) is 22.3 Å². The molecule has 36 heavy (non-hydrogen) atoms. The van der Waals surface area contributed by atoms with Crippen LogP contribution in [0.1, 0.15) is 31.4 Å². The number of sulfonamides is 1. The number of nitrogens with one attached hydrogen (secondary N) is 1. The summed E-state index contributed by atoms with van der Waals surface area (Å²) in [6, 6.07) is 18.0. The van der Waals surface area contributed by atoms with Crippen LogP contribution >= 0.6 is 11.6 Å². The quantitative estimate of drug-likeness (QED) is 0.505. The van der Waals surface area contributed by atoms with Gasteiger partial charge in [0.15, 0.2) is 5.03 Å². The number of amides is 2. The third-order valence-corrected chi connectivity index (χ3v) is 7.51. The molecule has 0 spiro atoms. The molecular weight excluding hydrogens is 500 g/mol. The number of hydrogen-bond acceptors (Lipinski definition) is 6. The maximum Gasteiger partial charge on any atom is 0.281 e. The fourth-order valence-corrected chi connectivity index (χ4v) is 5.04. The second-order valence-electron chi connectivity index (χ2n) is 8.46. The molecule has 0 unspecified atom stereocenters. The Kier molecular flexibility index (Phi) is 7.51. The third kappa shape index (κ3) is 5.32. The molecule has 1 aromatic heterocycles. The number of nitrogens with zero attached hydrogens (tertiary/aromatic N) is 3. The lowest BCUT2D eigenvalue weighted by Gasteiger charge is -2.26. The number of pyridine rings is 1. The molecule has 4 rings (SSSR count). The topological polar surface area (TPSA) is 109 Å². The van der Waals surface area contributed by atoms with E-state index in [0.29, 0.717) is 28.4 Å². The van der Waals surface area contributed by atoms with Crippen molar-refractivity contribution in [2.75, 3.05) is 11.4 Å². The Morgan fingerprint density at radius 2 is 1.83 bits per heavy atom. The molecule has 0 radical (unpaired) electrons. The van der Waals surface area contributed by atoms with E-state index in [1.807, 2.05) is 48.9 Å². The van der Waals surface area contributed by atoms with Crippen molar-refractivity contribution in [3.8, 4) is 0 Å². The Labute approximate surface area is 215 Å². The second-order valence-corrected chi connectivity index (χ2v) is 10.5. The summed E-state index contributed by atoms with van der Waals surface area (Å²) in [7, 11) is -4.21. The van der Waals surface area contributed by atoms with Crippen LogP contribution in [0.2, 0.25) is 5.02 Å². The number of halogens is 1. The molecule has 0 aliphatic carbocycles. The number of anilines is 1. The van der Waals surface area contributed by atoms with Crippen molar-refractivity contribution in [2.45, 2.75) is 31.3 Å². The van der Waals surface area contributed by atoms with E-state index < -0.39 is 34.4 Å². The number of benzene rings is 2. The van der Waals surface area contributed by atoms with Crippen molar-refractivity contribution >= 4 is 44.8 Å². The lowest BCUT2D eigenvalue weighted by molar-refractivity contribution is -0.124. The first-order valence-electron chi connectivity index (χ1n) is 11.4. The first kappa shape index (κ1) is 25.5. The Bertz CT molecular complexity index is 1410. The van der Waals surface area contributed by atoms with Gasteiger partial charge in [0.25, 0.3) is 21.8 Å². The summed E-state index contributed by atoms with van der Waals surface area (Å²) in [5, 5.41) is 0.147. The zero-order valence-electron chi connectivity index (χ0n) is 19.8. The van der Waals surface area contributed by atoms with Gasteiger partial charge in [-0.1, -0.05) is 68.3 Å². The Hall–Kier alpha value is -3.56. The Morgan fingerprint density at radius 3 is 2.50 bits per heavy atom. The first-order valence-corrected chi connectivity index (χ1v) is 13.3. The molecule has 2 amide bonds. The highest BCUT2D eigenvalue weighted by molar-refractivity contribution is 7.90. The van der Waals surface area contributed by atoms with E-state index in [4.69, 9.17) is 16.6 Å². The van der Waals surface area contributed by atoms with E-state index in [-0.39, 0.29) is 10.9 Å². The zero-order chi connectivity index (χ0) is 25.9. The average molecular weight is 525 g/mol. The van der Waals surface area contributed by atoms with Crippen molar-refractivity contribution in [2.24, 2.45) is 10.9 Å². The van der Waals surface area contributed by atoms with Gasteiger partial charge in [-0.2, -0.15) is 8.42 Å². The molecular formula is C26H25ClN4O4S. The van der Waals surface area contributed by atoms with Crippen LogP contribution in [0.15, 0.2) is 82.9 Å². The summed E-state index contributed by atoms with van der Waals surface area (Å²) in [4.78, 5) is 36.7. The highest BCUT2D eigenvalue weighted by Crippen LogP contribution is 2.33. The minimum Gasteiger partial charge on any atom is -0.300 e. The van der Waals surface area contributed by atoms with Crippen LogP contribution in [0.5, 0.6) is 0 Å². The summed E-state index contributed by atoms with van der Waals surface area (Å²) in [6.45, 7) is 3.35. The largest absolute Gasteiger partial charge is 0.300 e. The van der Waals surface area contributed by atoms with Gasteiger partial charge in [0.2, 0.25) is 0 Å². The number of hydrogen-bond donors (Lipinski definition) is 1. The summed E-state index contributed by atoms with van der Waals surface area (Å²) in [5.74, 6) is -1.41. The van der Waals surface area contributed by atoms with Crippen molar-refractivity contribution in [1.82, 2.24) is 9.71 Å². The summed E-state index contributed by atoms with van der Waals surface area (Å²) in [6.07, 6.45) is 1.99. The molecule has 0 saturated carbocycles. The molecule has 0 saturated heterocycles. The lowest BCUT2D eigenvalue weighted by atomic mass is 9.98. The van der Waals surface area contributed by atoms with Crippen molar-refractivity contribution in [1.29, 1.82) is 0 Å². The molecule has 1 aliphatic heterocycles. The van der Waals surface area contributed by atoms with Gasteiger partial charge in [0.05, 0.1) is 11.4 Å². The number of carbonyl (C=O) groups is 2. The molecule has 1 aliphatic rings. The lowest BCUT2D eigenvalue weighted by Crippen LogP contribution is -2.47. The molecule has 3 aromatic rings. The van der Waals surface area contributed by atoms with E-state index in [9.17, 15) is 18.0 Å². The van der Waals surface area contributed by atoms with Gasteiger partial charge in [-0.3, -0.25) is 14.6 Å². The molecule has 10 heteroatoms. The van der Waals surface area contributed by atoms with Gasteiger partial charge in [-0.25, -0.2) is 9.71 Å². The normalized spacial score (nSPS) is 16.5. The first-order chi connectivity index (χ1) is 17.2. The SMILES string of the molecule is CC[C@H](C)[C@@H]1N=C(c2ccccc2)c2cc(Cl)ccc2N(CC(=O)NS(=O)(=O)c2ccccn2)C1=O. The number of fused-ring (bicyclic) bond motifs is 1. The van der Waals surface area contributed by atoms with Crippen LogP contribution in [0.4, 0.5) is 5.69 Å². The van der Waals surface area contributed by atoms with Crippen LogP contribution < -0.4 is 9.62 Å². The molecule has 8 nitrogen and oxygen atoms in total. The van der Waals surface area contributed by atoms with Crippen molar-refractivity contribution < 1.29 is 18.0 Å². The smallest absolute Gasteiger partial charge is 0.281 e. The molecule has 186 valence electrons. The standard InChI is InChI=1S/C26H25ClN4O4S/c1-3-17(2)24-26(33)31(16-22(32)30-36(34,35)23-11-7-8-14-28-23)21-13-12-19(27)15-20(21)25(29-24)18-9-5-4-6-10-18/h4-15,17,24H,3,16H2,1-2H3,(H,30,32)/t17-,24-/m0/s1. The predicted octanol–water partition coefficient (Wildman–Crippen LogP) is 3.84. The van der Waals surface area contributed by atoms with Crippen LogP contribution in [0.3, 0.4) is 0 Å². The molecule has 2 heterocycles. The van der Waals surface area contributed by atoms with E-state index in [0.717, 1.165) is 5.56 Å². The number of carbonyl (C=O) groups excluding carboxylic acids is 2. The van der Waals surface area contributed by atoms with E-state index in [1.54, 1.807) is 24.3 Å². The molecule has 0 bridgehead atoms. The van der Waals surface area contributed by atoms with E-state index in [2.05, 4.69) is 4.98 Å². The number of aromatic nitrogens is 1. The third-order valence-electron chi connectivity index (χ3n) is 5.98. The summed E-state index contributed by atoms with van der Waals surface area (Å²) in [5.41, 5.74) is 2.37.